The van der Waals surface area contributed by atoms with Crippen LogP contribution in [0.15, 0.2) is 23.6 Å². The lowest BCUT2D eigenvalue weighted by atomic mass is 10.1. The Morgan fingerprint density at radius 3 is 2.57 bits per heavy atom. The molecule has 0 spiro atoms. The molecule has 0 saturated carbocycles. The Labute approximate surface area is 166 Å². The van der Waals surface area contributed by atoms with Gasteiger partial charge in [-0.3, -0.25) is 14.9 Å². The second-order valence-corrected chi connectivity index (χ2v) is 6.73. The molecule has 2 aromatic rings. The smallest absolute Gasteiger partial charge is 0.344 e. The molecule has 0 aliphatic rings. The van der Waals surface area contributed by atoms with Gasteiger partial charge in [0.2, 0.25) is 0 Å². The molecule has 0 atom stereocenters. The van der Waals surface area contributed by atoms with Gasteiger partial charge >= 0.3 is 11.9 Å². The molecule has 8 nitrogen and oxygen atoms in total. The number of amides is 1. The summed E-state index contributed by atoms with van der Waals surface area (Å²) in [7, 11) is 0. The van der Waals surface area contributed by atoms with Crippen molar-refractivity contribution >= 4 is 34.3 Å². The maximum Gasteiger partial charge on any atom is 0.344 e. The van der Waals surface area contributed by atoms with E-state index in [1.807, 2.05) is 26.0 Å². The maximum absolute atomic E-state index is 11.9. The van der Waals surface area contributed by atoms with Crippen molar-refractivity contribution in [3.63, 3.8) is 0 Å². The first kappa shape index (κ1) is 21.4. The van der Waals surface area contributed by atoms with Crippen LogP contribution in [0, 0.1) is 13.8 Å². The number of nitrogens with zero attached hydrogens (tertiary/aromatic N) is 1. The average molecular weight is 406 g/mol. The van der Waals surface area contributed by atoms with E-state index in [0.717, 1.165) is 11.1 Å². The number of hydrogen-bond donors (Lipinski definition) is 1. The number of benzene rings is 1. The molecule has 2 rings (SSSR count). The van der Waals surface area contributed by atoms with Gasteiger partial charge in [-0.15, -0.1) is 11.3 Å². The lowest BCUT2D eigenvalue weighted by Gasteiger charge is -2.08. The number of hydrogen-bond acceptors (Lipinski definition) is 8. The van der Waals surface area contributed by atoms with Crippen molar-refractivity contribution in [2.24, 2.45) is 0 Å². The third kappa shape index (κ3) is 6.99. The number of aromatic nitrogens is 1. The molecule has 0 aliphatic carbocycles. The first-order chi connectivity index (χ1) is 13.4. The lowest BCUT2D eigenvalue weighted by Crippen LogP contribution is -2.23. The summed E-state index contributed by atoms with van der Waals surface area (Å²) in [6, 6.07) is 5.48. The molecule has 0 saturated heterocycles. The largest absolute Gasteiger partial charge is 0.482 e. The third-order valence-electron chi connectivity index (χ3n) is 3.63. The molecule has 0 bridgehead atoms. The van der Waals surface area contributed by atoms with Crippen LogP contribution in [0.5, 0.6) is 5.75 Å². The van der Waals surface area contributed by atoms with E-state index < -0.39 is 18.5 Å². The third-order valence-corrected chi connectivity index (χ3v) is 4.43. The first-order valence-corrected chi connectivity index (χ1v) is 9.51. The molecule has 0 fully saturated rings. The van der Waals surface area contributed by atoms with Gasteiger partial charge < -0.3 is 14.2 Å². The van der Waals surface area contributed by atoms with Crippen LogP contribution in [0.1, 0.15) is 23.7 Å². The van der Waals surface area contributed by atoms with Crippen molar-refractivity contribution in [3.05, 3.63) is 40.4 Å². The zero-order valence-corrected chi connectivity index (χ0v) is 16.8. The molecule has 0 unspecified atom stereocenters. The SMILES string of the molecule is CCOC(=O)Cc1csc(NC(=O)COC(=O)COc2ccc(C)c(C)c2)n1. The minimum Gasteiger partial charge on any atom is -0.482 e. The van der Waals surface area contributed by atoms with Crippen molar-refractivity contribution in [1.29, 1.82) is 0 Å². The number of anilines is 1. The van der Waals surface area contributed by atoms with Crippen molar-refractivity contribution in [2.75, 3.05) is 25.1 Å². The predicted molar refractivity (Wildman–Crippen MR) is 103 cm³/mol. The quantitative estimate of drug-likeness (QED) is 0.638. The van der Waals surface area contributed by atoms with Crippen LogP contribution in [0.2, 0.25) is 0 Å². The van der Waals surface area contributed by atoms with Crippen molar-refractivity contribution in [2.45, 2.75) is 27.2 Å². The summed E-state index contributed by atoms with van der Waals surface area (Å²) in [6.07, 6.45) is 0.0328. The van der Waals surface area contributed by atoms with E-state index in [1.54, 1.807) is 18.4 Å². The number of nitrogens with one attached hydrogen (secondary N) is 1. The summed E-state index contributed by atoms with van der Waals surface area (Å²) in [6.45, 7) is 5.19. The Kier molecular flexibility index (Phi) is 7.94. The van der Waals surface area contributed by atoms with Gasteiger partial charge in [0.25, 0.3) is 5.91 Å². The standard InChI is InChI=1S/C19H22N2O6S/c1-4-25-17(23)8-14-11-28-19(20-14)21-16(22)9-27-18(24)10-26-15-6-5-12(2)13(3)7-15/h5-7,11H,4,8-10H2,1-3H3,(H,20,21,22). The van der Waals surface area contributed by atoms with Crippen LogP contribution in [0.3, 0.4) is 0 Å². The fraction of sp³-hybridized carbons (Fsp3) is 0.368. The summed E-state index contributed by atoms with van der Waals surface area (Å²) >= 11 is 1.17. The maximum atomic E-state index is 11.9. The van der Waals surface area contributed by atoms with Gasteiger partial charge in [-0.1, -0.05) is 6.07 Å². The topological polar surface area (TPSA) is 104 Å². The molecular weight excluding hydrogens is 384 g/mol. The number of carbonyl (C=O) groups excluding carboxylic acids is 3. The average Bonchev–Trinajstić information content (AvgIpc) is 3.07. The highest BCUT2D eigenvalue weighted by molar-refractivity contribution is 7.13. The van der Waals surface area contributed by atoms with E-state index in [2.05, 4.69) is 10.3 Å². The second kappa shape index (κ2) is 10.4. The fourth-order valence-corrected chi connectivity index (χ4v) is 2.82. The summed E-state index contributed by atoms with van der Waals surface area (Å²) in [5.41, 5.74) is 2.67. The van der Waals surface area contributed by atoms with Gasteiger partial charge in [0.15, 0.2) is 18.3 Å². The molecule has 1 N–H and O–H groups in total. The van der Waals surface area contributed by atoms with Gasteiger partial charge in [0.1, 0.15) is 5.75 Å². The molecular formula is C19H22N2O6S. The summed E-state index contributed by atoms with van der Waals surface area (Å²) < 4.78 is 15.1. The summed E-state index contributed by atoms with van der Waals surface area (Å²) in [5.74, 6) is -1.02. The van der Waals surface area contributed by atoms with Gasteiger partial charge in [-0.2, -0.15) is 0 Å². The summed E-state index contributed by atoms with van der Waals surface area (Å²) in [4.78, 5) is 39.1. The van der Waals surface area contributed by atoms with Gasteiger partial charge in [0, 0.05) is 5.38 Å². The zero-order chi connectivity index (χ0) is 20.5. The van der Waals surface area contributed by atoms with Crippen LogP contribution in [0.4, 0.5) is 5.13 Å². The van der Waals surface area contributed by atoms with Crippen LogP contribution in [0.25, 0.3) is 0 Å². The van der Waals surface area contributed by atoms with Crippen LogP contribution >= 0.6 is 11.3 Å². The molecule has 1 heterocycles. The van der Waals surface area contributed by atoms with Gasteiger partial charge in [-0.25, -0.2) is 9.78 Å². The van der Waals surface area contributed by atoms with Gasteiger partial charge in [-0.05, 0) is 44.0 Å². The predicted octanol–water partition coefficient (Wildman–Crippen LogP) is 2.43. The van der Waals surface area contributed by atoms with Crippen LogP contribution < -0.4 is 10.1 Å². The Hall–Kier alpha value is -2.94. The van der Waals surface area contributed by atoms with Crippen molar-refractivity contribution < 1.29 is 28.6 Å². The molecule has 9 heteroatoms. The number of rotatable bonds is 9. The van der Waals surface area contributed by atoms with E-state index in [9.17, 15) is 14.4 Å². The van der Waals surface area contributed by atoms with Crippen molar-refractivity contribution in [1.82, 2.24) is 4.98 Å². The molecule has 1 aromatic heterocycles. The lowest BCUT2D eigenvalue weighted by molar-refractivity contribution is -0.149. The molecule has 1 amide bonds. The molecule has 0 aliphatic heterocycles. The van der Waals surface area contributed by atoms with E-state index in [1.165, 1.54) is 11.3 Å². The van der Waals surface area contributed by atoms with Gasteiger partial charge in [0.05, 0.1) is 18.7 Å². The number of thiazole rings is 1. The number of aryl methyl sites for hydroxylation is 2. The Balaban J connectivity index is 1.71. The molecule has 150 valence electrons. The highest BCUT2D eigenvalue weighted by Crippen LogP contribution is 2.17. The fourth-order valence-electron chi connectivity index (χ4n) is 2.09. The van der Waals surface area contributed by atoms with E-state index in [4.69, 9.17) is 14.2 Å². The summed E-state index contributed by atoms with van der Waals surface area (Å²) in [5, 5.41) is 4.47. The molecule has 0 radical (unpaired) electrons. The zero-order valence-electron chi connectivity index (χ0n) is 15.9. The Morgan fingerprint density at radius 1 is 1.07 bits per heavy atom. The van der Waals surface area contributed by atoms with Crippen LogP contribution in [-0.2, 0) is 30.3 Å². The molecule has 28 heavy (non-hydrogen) atoms. The normalized spacial score (nSPS) is 10.2. The number of ether oxygens (including phenoxy) is 3. The number of esters is 2. The Bertz CT molecular complexity index is 849. The minimum atomic E-state index is -0.657. The second-order valence-electron chi connectivity index (χ2n) is 5.87. The highest BCUT2D eigenvalue weighted by atomic mass is 32.1. The van der Waals surface area contributed by atoms with E-state index in [0.29, 0.717) is 23.2 Å². The van der Waals surface area contributed by atoms with Crippen LogP contribution in [-0.4, -0.2) is 42.7 Å². The first-order valence-electron chi connectivity index (χ1n) is 8.63. The molecule has 1 aromatic carbocycles. The minimum absolute atomic E-state index is 0.0328. The van der Waals surface area contributed by atoms with E-state index in [-0.39, 0.29) is 19.0 Å². The number of carbonyl (C=O) groups is 3. The highest BCUT2D eigenvalue weighted by Gasteiger charge is 2.12. The Morgan fingerprint density at radius 2 is 1.86 bits per heavy atom. The van der Waals surface area contributed by atoms with Crippen molar-refractivity contribution in [3.8, 4) is 5.75 Å². The monoisotopic (exact) mass is 406 g/mol. The van der Waals surface area contributed by atoms with E-state index >= 15 is 0 Å².